The van der Waals surface area contributed by atoms with Crippen LogP contribution in [0.1, 0.15) is 39.3 Å². The molecule has 96 valence electrons. The third-order valence-corrected chi connectivity index (χ3v) is 2.56. The zero-order chi connectivity index (χ0) is 12.7. The van der Waals surface area contributed by atoms with E-state index in [0.717, 1.165) is 31.3 Å². The van der Waals surface area contributed by atoms with E-state index in [9.17, 15) is 0 Å². The van der Waals surface area contributed by atoms with Crippen molar-refractivity contribution in [1.29, 1.82) is 0 Å². The Balaban J connectivity index is 0.000000686. The van der Waals surface area contributed by atoms with Gasteiger partial charge in [0.2, 0.25) is 0 Å². The number of hydrogen-bond acceptors (Lipinski definition) is 4. The SMILES string of the molecule is CC.CC(C)c1cc(NCC2COC2)ncn1. The van der Waals surface area contributed by atoms with Gasteiger partial charge in [0.15, 0.2) is 0 Å². The molecule has 1 saturated heterocycles. The maximum atomic E-state index is 5.11. The van der Waals surface area contributed by atoms with Gasteiger partial charge in [-0.2, -0.15) is 0 Å². The summed E-state index contributed by atoms with van der Waals surface area (Å²) in [5.74, 6) is 2.00. The van der Waals surface area contributed by atoms with Gasteiger partial charge in [-0.15, -0.1) is 0 Å². The molecule has 2 rings (SSSR count). The zero-order valence-electron chi connectivity index (χ0n) is 11.2. The molecule has 1 fully saturated rings. The van der Waals surface area contributed by atoms with Crippen molar-refractivity contribution in [3.05, 3.63) is 18.1 Å². The highest BCUT2D eigenvalue weighted by atomic mass is 16.5. The maximum absolute atomic E-state index is 5.11. The van der Waals surface area contributed by atoms with Gasteiger partial charge in [-0.05, 0) is 5.92 Å². The first-order valence-corrected chi connectivity index (χ1v) is 6.39. The largest absolute Gasteiger partial charge is 0.381 e. The Labute approximate surface area is 104 Å². The van der Waals surface area contributed by atoms with Gasteiger partial charge in [-0.1, -0.05) is 27.7 Å². The van der Waals surface area contributed by atoms with E-state index in [1.54, 1.807) is 6.33 Å². The molecule has 2 heterocycles. The predicted molar refractivity (Wildman–Crippen MR) is 70.3 cm³/mol. The van der Waals surface area contributed by atoms with E-state index in [4.69, 9.17) is 4.74 Å². The molecule has 4 nitrogen and oxygen atoms in total. The molecule has 0 aliphatic carbocycles. The monoisotopic (exact) mass is 237 g/mol. The normalized spacial score (nSPS) is 14.9. The lowest BCUT2D eigenvalue weighted by Gasteiger charge is -2.26. The van der Waals surface area contributed by atoms with E-state index >= 15 is 0 Å². The van der Waals surface area contributed by atoms with Gasteiger partial charge >= 0.3 is 0 Å². The molecule has 1 aliphatic heterocycles. The number of anilines is 1. The predicted octanol–water partition coefficient (Wildman–Crippen LogP) is 2.68. The lowest BCUT2D eigenvalue weighted by Crippen LogP contribution is -2.33. The van der Waals surface area contributed by atoms with Gasteiger partial charge in [0.1, 0.15) is 12.1 Å². The minimum absolute atomic E-state index is 0.445. The molecule has 4 heteroatoms. The summed E-state index contributed by atoms with van der Waals surface area (Å²) in [7, 11) is 0. The number of nitrogens with one attached hydrogen (secondary N) is 1. The van der Waals surface area contributed by atoms with E-state index in [1.807, 2.05) is 19.9 Å². The Bertz CT molecular complexity index is 324. The average Bonchev–Trinajstić information content (AvgIpc) is 2.30. The second kappa shape index (κ2) is 7.22. The van der Waals surface area contributed by atoms with Crippen LogP contribution in [-0.2, 0) is 4.74 Å². The molecule has 17 heavy (non-hydrogen) atoms. The Kier molecular flexibility index (Phi) is 5.91. The minimum atomic E-state index is 0.445. The molecule has 1 aliphatic rings. The smallest absolute Gasteiger partial charge is 0.129 e. The van der Waals surface area contributed by atoms with E-state index in [-0.39, 0.29) is 0 Å². The number of rotatable bonds is 4. The van der Waals surface area contributed by atoms with Crippen molar-refractivity contribution in [3.8, 4) is 0 Å². The first-order valence-electron chi connectivity index (χ1n) is 6.39. The zero-order valence-corrected chi connectivity index (χ0v) is 11.2. The Morgan fingerprint density at radius 2 is 2.06 bits per heavy atom. The maximum Gasteiger partial charge on any atom is 0.129 e. The fraction of sp³-hybridized carbons (Fsp3) is 0.692. The quantitative estimate of drug-likeness (QED) is 0.874. The average molecular weight is 237 g/mol. The molecule has 1 N–H and O–H groups in total. The highest BCUT2D eigenvalue weighted by Gasteiger charge is 2.17. The minimum Gasteiger partial charge on any atom is -0.381 e. The van der Waals surface area contributed by atoms with E-state index in [0.29, 0.717) is 11.8 Å². The lowest BCUT2D eigenvalue weighted by molar-refractivity contribution is -0.0248. The topological polar surface area (TPSA) is 47.0 Å². The van der Waals surface area contributed by atoms with Gasteiger partial charge < -0.3 is 10.1 Å². The number of aromatic nitrogens is 2. The Morgan fingerprint density at radius 3 is 2.59 bits per heavy atom. The molecular formula is C13H23N3O. The summed E-state index contributed by atoms with van der Waals surface area (Å²) in [5, 5.41) is 3.31. The van der Waals surface area contributed by atoms with Crippen LogP contribution in [0.2, 0.25) is 0 Å². The molecule has 1 aromatic rings. The highest BCUT2D eigenvalue weighted by Crippen LogP contribution is 2.15. The molecule has 0 saturated carbocycles. The molecule has 0 unspecified atom stereocenters. The second-order valence-corrected chi connectivity index (χ2v) is 4.27. The number of nitrogens with zero attached hydrogens (tertiary/aromatic N) is 2. The highest BCUT2D eigenvalue weighted by molar-refractivity contribution is 5.35. The van der Waals surface area contributed by atoms with Crippen molar-refractivity contribution in [2.45, 2.75) is 33.6 Å². The standard InChI is InChI=1S/C11H17N3O.C2H6/c1-8(2)10-3-11(14-7-13-10)12-4-9-5-15-6-9;1-2/h3,7-9H,4-6H2,1-2H3,(H,12,13,14);1-2H3. The summed E-state index contributed by atoms with van der Waals surface area (Å²) in [4.78, 5) is 8.41. The second-order valence-electron chi connectivity index (χ2n) is 4.27. The lowest BCUT2D eigenvalue weighted by atomic mass is 10.1. The molecule has 0 amide bonds. The van der Waals surface area contributed by atoms with Gasteiger partial charge in [-0.3, -0.25) is 0 Å². The summed E-state index contributed by atoms with van der Waals surface area (Å²) < 4.78 is 5.11. The van der Waals surface area contributed by atoms with Crippen LogP contribution in [-0.4, -0.2) is 29.7 Å². The van der Waals surface area contributed by atoms with E-state index in [1.165, 1.54) is 0 Å². The summed E-state index contributed by atoms with van der Waals surface area (Å²) in [6.07, 6.45) is 1.62. The first-order chi connectivity index (χ1) is 8.25. The molecule has 0 aromatic carbocycles. The number of ether oxygens (including phenoxy) is 1. The van der Waals surface area contributed by atoms with Crippen LogP contribution < -0.4 is 5.32 Å². The van der Waals surface area contributed by atoms with Gasteiger partial charge in [0, 0.05) is 24.2 Å². The van der Waals surface area contributed by atoms with Crippen LogP contribution in [0.15, 0.2) is 12.4 Å². The first kappa shape index (κ1) is 13.9. The van der Waals surface area contributed by atoms with Crippen molar-refractivity contribution in [2.24, 2.45) is 5.92 Å². The van der Waals surface area contributed by atoms with Crippen LogP contribution >= 0.6 is 0 Å². The molecule has 0 spiro atoms. The third-order valence-electron chi connectivity index (χ3n) is 2.56. The molecule has 0 radical (unpaired) electrons. The van der Waals surface area contributed by atoms with Crippen molar-refractivity contribution in [1.82, 2.24) is 9.97 Å². The van der Waals surface area contributed by atoms with Gasteiger partial charge in [0.25, 0.3) is 0 Å². The third kappa shape index (κ3) is 4.30. The van der Waals surface area contributed by atoms with Crippen LogP contribution in [0.4, 0.5) is 5.82 Å². The van der Waals surface area contributed by atoms with Crippen molar-refractivity contribution < 1.29 is 4.74 Å². The Hall–Kier alpha value is -1.16. The van der Waals surface area contributed by atoms with Crippen LogP contribution in [0.25, 0.3) is 0 Å². The fourth-order valence-electron chi connectivity index (χ4n) is 1.44. The molecule has 0 bridgehead atoms. The summed E-state index contributed by atoms with van der Waals surface area (Å²) in [6.45, 7) is 10.9. The summed E-state index contributed by atoms with van der Waals surface area (Å²) in [6, 6.07) is 2.02. The van der Waals surface area contributed by atoms with Gasteiger partial charge in [0.05, 0.1) is 13.2 Å². The summed E-state index contributed by atoms with van der Waals surface area (Å²) >= 11 is 0. The van der Waals surface area contributed by atoms with Crippen LogP contribution in [0, 0.1) is 5.92 Å². The van der Waals surface area contributed by atoms with E-state index < -0.39 is 0 Å². The van der Waals surface area contributed by atoms with Crippen molar-refractivity contribution >= 4 is 5.82 Å². The fourth-order valence-corrected chi connectivity index (χ4v) is 1.44. The van der Waals surface area contributed by atoms with Crippen molar-refractivity contribution in [3.63, 3.8) is 0 Å². The van der Waals surface area contributed by atoms with Crippen LogP contribution in [0.5, 0.6) is 0 Å². The molecular weight excluding hydrogens is 214 g/mol. The Morgan fingerprint density at radius 1 is 1.35 bits per heavy atom. The van der Waals surface area contributed by atoms with Gasteiger partial charge in [-0.25, -0.2) is 9.97 Å². The number of hydrogen-bond donors (Lipinski definition) is 1. The summed E-state index contributed by atoms with van der Waals surface area (Å²) in [5.41, 5.74) is 1.08. The molecule has 1 aromatic heterocycles. The van der Waals surface area contributed by atoms with Crippen LogP contribution in [0.3, 0.4) is 0 Å². The molecule has 0 atom stereocenters. The van der Waals surface area contributed by atoms with E-state index in [2.05, 4.69) is 29.1 Å². The van der Waals surface area contributed by atoms with Crippen molar-refractivity contribution in [2.75, 3.05) is 25.1 Å².